The standard InChI is InChI=1S/C26H27Cl2N3O4S/c1-18-9-7-8-10-20(18)16-30(19(2)26(33)29-3)25(32)17-31(24-14-13-21(27)15-23(24)28)36(34,35)22-11-5-4-6-12-22/h4-15,19H,16-17H2,1-3H3,(H,29,33)/t19-/m0/s1. The van der Waals surface area contributed by atoms with Gasteiger partial charge in [-0.2, -0.15) is 0 Å². The maximum absolute atomic E-state index is 13.7. The first kappa shape index (κ1) is 27.5. The summed E-state index contributed by atoms with van der Waals surface area (Å²) in [6.07, 6.45) is 0. The summed E-state index contributed by atoms with van der Waals surface area (Å²) in [5, 5.41) is 2.95. The van der Waals surface area contributed by atoms with Gasteiger partial charge in [0.05, 0.1) is 15.6 Å². The van der Waals surface area contributed by atoms with E-state index in [0.29, 0.717) is 5.02 Å². The van der Waals surface area contributed by atoms with Crippen LogP contribution in [0.25, 0.3) is 0 Å². The van der Waals surface area contributed by atoms with Gasteiger partial charge in [0, 0.05) is 18.6 Å². The summed E-state index contributed by atoms with van der Waals surface area (Å²) < 4.78 is 28.3. The molecule has 7 nitrogen and oxygen atoms in total. The molecule has 0 saturated heterocycles. The van der Waals surface area contributed by atoms with Crippen LogP contribution in [-0.2, 0) is 26.2 Å². The number of benzene rings is 3. The van der Waals surface area contributed by atoms with Gasteiger partial charge in [0.2, 0.25) is 11.8 Å². The van der Waals surface area contributed by atoms with Gasteiger partial charge in [-0.25, -0.2) is 8.42 Å². The summed E-state index contributed by atoms with van der Waals surface area (Å²) in [5.74, 6) is -0.946. The Kier molecular flexibility index (Phi) is 9.00. The van der Waals surface area contributed by atoms with E-state index in [9.17, 15) is 18.0 Å². The van der Waals surface area contributed by atoms with Crippen LogP contribution in [0.3, 0.4) is 0 Å². The molecule has 0 bridgehead atoms. The summed E-state index contributed by atoms with van der Waals surface area (Å²) >= 11 is 12.4. The lowest BCUT2D eigenvalue weighted by Gasteiger charge is -2.32. The number of carbonyl (C=O) groups excluding carboxylic acids is 2. The predicted molar refractivity (Wildman–Crippen MR) is 143 cm³/mol. The largest absolute Gasteiger partial charge is 0.357 e. The Balaban J connectivity index is 2.07. The topological polar surface area (TPSA) is 86.8 Å². The fraction of sp³-hybridized carbons (Fsp3) is 0.231. The number of nitrogens with one attached hydrogen (secondary N) is 1. The fourth-order valence-corrected chi connectivity index (χ4v) is 5.69. The highest BCUT2D eigenvalue weighted by Gasteiger charge is 2.33. The normalized spacial score (nSPS) is 12.0. The predicted octanol–water partition coefficient (Wildman–Crippen LogP) is 4.66. The second kappa shape index (κ2) is 11.8. The minimum atomic E-state index is -4.19. The van der Waals surface area contributed by atoms with E-state index in [2.05, 4.69) is 5.32 Å². The maximum Gasteiger partial charge on any atom is 0.264 e. The van der Waals surface area contributed by atoms with Crippen molar-refractivity contribution in [3.8, 4) is 0 Å². The van der Waals surface area contributed by atoms with E-state index in [1.807, 2.05) is 31.2 Å². The highest BCUT2D eigenvalue weighted by molar-refractivity contribution is 7.92. The Morgan fingerprint density at radius 3 is 2.22 bits per heavy atom. The van der Waals surface area contributed by atoms with Gasteiger partial charge in [0.25, 0.3) is 10.0 Å². The number of sulfonamides is 1. The van der Waals surface area contributed by atoms with Crippen LogP contribution in [0.2, 0.25) is 10.0 Å². The number of halogens is 2. The SMILES string of the molecule is CNC(=O)[C@H](C)N(Cc1ccccc1C)C(=O)CN(c1ccc(Cl)cc1Cl)S(=O)(=O)c1ccccc1. The Labute approximate surface area is 221 Å². The summed E-state index contributed by atoms with van der Waals surface area (Å²) in [6, 6.07) is 18.7. The average Bonchev–Trinajstić information content (AvgIpc) is 2.86. The number of hydrogen-bond donors (Lipinski definition) is 1. The molecule has 0 radical (unpaired) electrons. The molecule has 0 spiro atoms. The molecular formula is C26H27Cl2N3O4S. The van der Waals surface area contributed by atoms with Gasteiger partial charge in [-0.15, -0.1) is 0 Å². The van der Waals surface area contributed by atoms with Crippen molar-refractivity contribution in [2.45, 2.75) is 31.3 Å². The Morgan fingerprint density at radius 1 is 0.972 bits per heavy atom. The summed E-state index contributed by atoms with van der Waals surface area (Å²) in [7, 11) is -2.71. The van der Waals surface area contributed by atoms with Gasteiger partial charge < -0.3 is 10.2 Å². The lowest BCUT2D eigenvalue weighted by molar-refractivity contribution is -0.139. The highest BCUT2D eigenvalue weighted by atomic mass is 35.5. The second-order valence-electron chi connectivity index (χ2n) is 8.16. The van der Waals surface area contributed by atoms with Crippen molar-refractivity contribution in [2.75, 3.05) is 17.9 Å². The van der Waals surface area contributed by atoms with E-state index in [1.165, 1.54) is 42.3 Å². The molecule has 0 aliphatic carbocycles. The minimum absolute atomic E-state index is 0.00591. The van der Waals surface area contributed by atoms with E-state index in [-0.39, 0.29) is 28.1 Å². The van der Waals surface area contributed by atoms with Crippen LogP contribution in [0.15, 0.2) is 77.7 Å². The van der Waals surface area contributed by atoms with Crippen molar-refractivity contribution in [2.24, 2.45) is 0 Å². The van der Waals surface area contributed by atoms with Crippen molar-refractivity contribution in [1.82, 2.24) is 10.2 Å². The molecule has 1 atom stereocenters. The van der Waals surface area contributed by atoms with Gasteiger partial charge in [-0.05, 0) is 55.3 Å². The minimum Gasteiger partial charge on any atom is -0.357 e. The van der Waals surface area contributed by atoms with E-state index in [4.69, 9.17) is 23.2 Å². The first-order valence-electron chi connectivity index (χ1n) is 11.1. The van der Waals surface area contributed by atoms with E-state index in [0.717, 1.165) is 15.4 Å². The molecule has 1 N–H and O–H groups in total. The first-order valence-corrected chi connectivity index (χ1v) is 13.3. The molecule has 3 aromatic carbocycles. The van der Waals surface area contributed by atoms with Gasteiger partial charge in [0.1, 0.15) is 12.6 Å². The maximum atomic E-state index is 13.7. The molecule has 0 heterocycles. The van der Waals surface area contributed by atoms with Crippen molar-refractivity contribution in [1.29, 1.82) is 0 Å². The molecule has 3 aromatic rings. The molecular weight excluding hydrogens is 521 g/mol. The monoisotopic (exact) mass is 547 g/mol. The fourth-order valence-electron chi connectivity index (χ4n) is 3.68. The lowest BCUT2D eigenvalue weighted by atomic mass is 10.1. The number of likely N-dealkylation sites (N-methyl/N-ethyl adjacent to an activating group) is 1. The average molecular weight is 548 g/mol. The quantitative estimate of drug-likeness (QED) is 0.422. The molecule has 0 fully saturated rings. The van der Waals surface area contributed by atoms with Gasteiger partial charge in [-0.3, -0.25) is 13.9 Å². The van der Waals surface area contributed by atoms with Gasteiger partial charge in [-0.1, -0.05) is 65.7 Å². The number of carbonyl (C=O) groups is 2. The molecule has 0 aromatic heterocycles. The van der Waals surface area contributed by atoms with Crippen LogP contribution >= 0.6 is 23.2 Å². The number of aryl methyl sites for hydroxylation is 1. The van der Waals surface area contributed by atoms with Crippen molar-refractivity contribution >= 4 is 50.7 Å². The molecule has 2 amide bonds. The second-order valence-corrected chi connectivity index (χ2v) is 10.9. The molecule has 0 aliphatic heterocycles. The van der Waals surface area contributed by atoms with Crippen molar-refractivity contribution in [3.05, 3.63) is 94.0 Å². The van der Waals surface area contributed by atoms with E-state index >= 15 is 0 Å². The molecule has 10 heteroatoms. The molecule has 0 unspecified atom stereocenters. The summed E-state index contributed by atoms with van der Waals surface area (Å²) in [5.41, 5.74) is 1.87. The van der Waals surface area contributed by atoms with E-state index < -0.39 is 28.5 Å². The zero-order valence-electron chi connectivity index (χ0n) is 20.1. The highest BCUT2D eigenvalue weighted by Crippen LogP contribution is 2.33. The van der Waals surface area contributed by atoms with Crippen LogP contribution in [-0.4, -0.2) is 44.8 Å². The third-order valence-corrected chi connectivity index (χ3v) is 8.12. The van der Waals surface area contributed by atoms with Gasteiger partial charge in [0.15, 0.2) is 0 Å². The Bertz CT molecular complexity index is 1350. The van der Waals surface area contributed by atoms with Crippen molar-refractivity contribution in [3.63, 3.8) is 0 Å². The van der Waals surface area contributed by atoms with Crippen LogP contribution in [0.5, 0.6) is 0 Å². The third-order valence-electron chi connectivity index (χ3n) is 5.80. The molecule has 36 heavy (non-hydrogen) atoms. The zero-order chi connectivity index (χ0) is 26.5. The number of anilines is 1. The Hall–Kier alpha value is -3.07. The molecule has 190 valence electrons. The molecule has 0 saturated carbocycles. The smallest absolute Gasteiger partial charge is 0.264 e. The summed E-state index contributed by atoms with van der Waals surface area (Å²) in [6.45, 7) is 3.04. The number of rotatable bonds is 9. The van der Waals surface area contributed by atoms with Crippen LogP contribution in [0, 0.1) is 6.92 Å². The zero-order valence-corrected chi connectivity index (χ0v) is 22.4. The third kappa shape index (κ3) is 6.19. The first-order chi connectivity index (χ1) is 17.1. The van der Waals surface area contributed by atoms with Crippen LogP contribution < -0.4 is 9.62 Å². The number of hydrogen-bond acceptors (Lipinski definition) is 4. The number of amides is 2. The van der Waals surface area contributed by atoms with Crippen molar-refractivity contribution < 1.29 is 18.0 Å². The molecule has 3 rings (SSSR count). The van der Waals surface area contributed by atoms with Crippen LogP contribution in [0.1, 0.15) is 18.1 Å². The number of nitrogens with zero attached hydrogens (tertiary/aromatic N) is 2. The van der Waals surface area contributed by atoms with Gasteiger partial charge >= 0.3 is 0 Å². The van der Waals surface area contributed by atoms with E-state index in [1.54, 1.807) is 25.1 Å². The summed E-state index contributed by atoms with van der Waals surface area (Å²) in [4.78, 5) is 27.6. The van der Waals surface area contributed by atoms with Crippen LogP contribution in [0.4, 0.5) is 5.69 Å². The Morgan fingerprint density at radius 2 is 1.61 bits per heavy atom. The lowest BCUT2D eigenvalue weighted by Crippen LogP contribution is -2.50. The molecule has 0 aliphatic rings.